The quantitative estimate of drug-likeness (QED) is 0.177. The minimum Gasteiger partial charge on any atom is -0.310 e. The first-order valence-corrected chi connectivity index (χ1v) is 12.5. The average Bonchev–Trinajstić information content (AvgIpc) is 2.94. The summed E-state index contributed by atoms with van der Waals surface area (Å²) in [5.74, 6) is 0. The third kappa shape index (κ3) is 9.28. The first-order valence-electron chi connectivity index (χ1n) is 12.5. The molecule has 7 nitrogen and oxygen atoms in total. The molecule has 0 atom stereocenters. The third-order valence-corrected chi connectivity index (χ3v) is 5.80. The summed E-state index contributed by atoms with van der Waals surface area (Å²) < 4.78 is 0. The van der Waals surface area contributed by atoms with Crippen molar-refractivity contribution >= 4 is 0 Å². The molecule has 3 heterocycles. The Balaban J connectivity index is 1.25. The number of hydrogen-bond acceptors (Lipinski definition) is 7. The molecule has 0 aliphatic carbocycles. The summed E-state index contributed by atoms with van der Waals surface area (Å²) in [7, 11) is 0. The molecule has 0 amide bonds. The van der Waals surface area contributed by atoms with Gasteiger partial charge in [0.25, 0.3) is 0 Å². The highest BCUT2D eigenvalue weighted by Crippen LogP contribution is 2.08. The molecular weight excluding hydrogens is 446 g/mol. The van der Waals surface area contributed by atoms with Crippen LogP contribution < -0.4 is 16.0 Å². The summed E-state index contributed by atoms with van der Waals surface area (Å²) in [4.78, 5) is 15.6. The molecule has 4 aromatic rings. The Bertz CT molecular complexity index is 1110. The molecule has 3 N–H and O–H groups in total. The van der Waals surface area contributed by atoms with Crippen LogP contribution in [0.4, 0.5) is 0 Å². The van der Waals surface area contributed by atoms with Gasteiger partial charge in [0.1, 0.15) is 0 Å². The van der Waals surface area contributed by atoms with E-state index in [1.54, 1.807) is 0 Å². The second-order valence-electron chi connectivity index (χ2n) is 8.70. The molecule has 36 heavy (non-hydrogen) atoms. The number of nitrogens with zero attached hydrogens (tertiary/aromatic N) is 4. The molecule has 0 bridgehead atoms. The maximum Gasteiger partial charge on any atom is 0.0542 e. The minimum atomic E-state index is 0.750. The smallest absolute Gasteiger partial charge is 0.0542 e. The molecule has 3 aromatic heterocycles. The van der Waals surface area contributed by atoms with Crippen LogP contribution in [-0.4, -0.2) is 39.6 Å². The lowest BCUT2D eigenvalue weighted by atomic mass is 10.1. The van der Waals surface area contributed by atoms with Gasteiger partial charge in [-0.15, -0.1) is 0 Å². The van der Waals surface area contributed by atoms with Crippen molar-refractivity contribution in [2.45, 2.75) is 32.7 Å². The first-order chi connectivity index (χ1) is 17.8. The van der Waals surface area contributed by atoms with E-state index >= 15 is 0 Å². The van der Waals surface area contributed by atoms with Crippen LogP contribution in [0.15, 0.2) is 97.5 Å². The molecule has 1 aromatic carbocycles. The molecule has 7 heteroatoms. The molecule has 0 saturated carbocycles. The van der Waals surface area contributed by atoms with Crippen molar-refractivity contribution < 1.29 is 0 Å². The monoisotopic (exact) mass is 481 g/mol. The van der Waals surface area contributed by atoms with Gasteiger partial charge in [0.15, 0.2) is 0 Å². The van der Waals surface area contributed by atoms with Gasteiger partial charge >= 0.3 is 0 Å². The standard InChI is InChI=1S/C29H35N7/c1-4-14-33-27(7-1)20-30-17-18-36(24-32-22-29-9-3-6-16-35-29)23-26-12-10-25(11-13-26)19-31-21-28-8-2-5-15-34-28/h1-16,30-32H,17-24H2. The lowest BCUT2D eigenvalue weighted by Gasteiger charge is -2.23. The normalized spacial score (nSPS) is 11.1. The molecular formula is C29H35N7. The Kier molecular flexibility index (Phi) is 10.5. The number of hydrogen-bond donors (Lipinski definition) is 3. The van der Waals surface area contributed by atoms with Crippen molar-refractivity contribution in [1.82, 2.24) is 35.8 Å². The van der Waals surface area contributed by atoms with Crippen LogP contribution in [0.2, 0.25) is 0 Å². The molecule has 0 spiro atoms. The van der Waals surface area contributed by atoms with Gasteiger partial charge in [-0.2, -0.15) is 0 Å². The summed E-state index contributed by atoms with van der Waals surface area (Å²) in [6.07, 6.45) is 5.50. The predicted octanol–water partition coefficient (Wildman–Crippen LogP) is 3.50. The maximum absolute atomic E-state index is 4.41. The Morgan fingerprint density at radius 1 is 0.528 bits per heavy atom. The van der Waals surface area contributed by atoms with E-state index in [-0.39, 0.29) is 0 Å². The molecule has 0 aliphatic heterocycles. The van der Waals surface area contributed by atoms with Gasteiger partial charge < -0.3 is 10.6 Å². The zero-order chi connectivity index (χ0) is 24.7. The van der Waals surface area contributed by atoms with Gasteiger partial charge in [-0.3, -0.25) is 25.2 Å². The van der Waals surface area contributed by atoms with Crippen LogP contribution in [0, 0.1) is 0 Å². The highest BCUT2D eigenvalue weighted by Gasteiger charge is 2.07. The number of aromatic nitrogens is 3. The maximum atomic E-state index is 4.41. The topological polar surface area (TPSA) is 78.0 Å². The average molecular weight is 482 g/mol. The molecule has 4 rings (SSSR count). The van der Waals surface area contributed by atoms with E-state index < -0.39 is 0 Å². The van der Waals surface area contributed by atoms with E-state index in [1.165, 1.54) is 11.1 Å². The highest BCUT2D eigenvalue weighted by molar-refractivity contribution is 5.22. The second kappa shape index (κ2) is 14.8. The predicted molar refractivity (Wildman–Crippen MR) is 144 cm³/mol. The zero-order valence-corrected chi connectivity index (χ0v) is 20.7. The fraction of sp³-hybridized carbons (Fsp3) is 0.276. The van der Waals surface area contributed by atoms with Crippen LogP contribution in [-0.2, 0) is 32.7 Å². The first kappa shape index (κ1) is 25.6. The van der Waals surface area contributed by atoms with Crippen molar-refractivity contribution in [3.05, 3.63) is 126 Å². The van der Waals surface area contributed by atoms with E-state index in [0.29, 0.717) is 0 Å². The van der Waals surface area contributed by atoms with Crippen LogP contribution in [0.25, 0.3) is 0 Å². The van der Waals surface area contributed by atoms with Crippen molar-refractivity contribution in [3.8, 4) is 0 Å². The molecule has 0 unspecified atom stereocenters. The van der Waals surface area contributed by atoms with Gasteiger partial charge in [0.2, 0.25) is 0 Å². The van der Waals surface area contributed by atoms with Crippen molar-refractivity contribution in [3.63, 3.8) is 0 Å². The van der Waals surface area contributed by atoms with E-state index in [4.69, 9.17) is 0 Å². The fourth-order valence-electron chi connectivity index (χ4n) is 3.87. The van der Waals surface area contributed by atoms with Gasteiger partial charge in [0, 0.05) is 71.1 Å². The number of nitrogens with one attached hydrogen (secondary N) is 3. The van der Waals surface area contributed by atoms with Gasteiger partial charge in [-0.1, -0.05) is 42.5 Å². The number of benzene rings is 1. The number of pyridine rings is 3. The van der Waals surface area contributed by atoms with Gasteiger partial charge in [0.05, 0.1) is 17.1 Å². The third-order valence-electron chi connectivity index (χ3n) is 5.80. The molecule has 0 saturated heterocycles. The van der Waals surface area contributed by atoms with Crippen LogP contribution in [0.1, 0.15) is 28.2 Å². The summed E-state index contributed by atoms with van der Waals surface area (Å²) in [6.45, 7) is 6.59. The number of rotatable bonds is 15. The van der Waals surface area contributed by atoms with E-state index in [9.17, 15) is 0 Å². The Morgan fingerprint density at radius 3 is 1.61 bits per heavy atom. The summed E-state index contributed by atoms with van der Waals surface area (Å²) in [5.41, 5.74) is 5.73. The fourth-order valence-corrected chi connectivity index (χ4v) is 3.87. The van der Waals surface area contributed by atoms with Crippen molar-refractivity contribution in [2.24, 2.45) is 0 Å². The molecule has 0 fully saturated rings. The Hall–Kier alpha value is -3.49. The van der Waals surface area contributed by atoms with E-state index in [2.05, 4.69) is 60.1 Å². The molecule has 186 valence electrons. The summed E-state index contributed by atoms with van der Waals surface area (Å²) in [5, 5.41) is 10.5. The lowest BCUT2D eigenvalue weighted by molar-refractivity contribution is 0.242. The van der Waals surface area contributed by atoms with E-state index in [0.717, 1.165) is 69.6 Å². The van der Waals surface area contributed by atoms with Crippen molar-refractivity contribution in [2.75, 3.05) is 19.8 Å². The molecule has 0 aliphatic rings. The molecule has 0 radical (unpaired) electrons. The Morgan fingerprint density at radius 2 is 1.06 bits per heavy atom. The SMILES string of the molecule is c1ccc(CNCCN(CNCc2ccccn2)Cc2ccc(CNCc3ccccn3)cc2)nc1. The summed E-state index contributed by atoms with van der Waals surface area (Å²) >= 11 is 0. The second-order valence-corrected chi connectivity index (χ2v) is 8.70. The van der Waals surface area contributed by atoms with E-state index in [1.807, 2.05) is 73.2 Å². The van der Waals surface area contributed by atoms with Crippen LogP contribution in [0.3, 0.4) is 0 Å². The van der Waals surface area contributed by atoms with Crippen LogP contribution in [0.5, 0.6) is 0 Å². The van der Waals surface area contributed by atoms with Gasteiger partial charge in [-0.05, 0) is 47.5 Å². The van der Waals surface area contributed by atoms with Crippen LogP contribution >= 0.6 is 0 Å². The Labute approximate surface area is 214 Å². The zero-order valence-electron chi connectivity index (χ0n) is 20.7. The van der Waals surface area contributed by atoms with Crippen molar-refractivity contribution in [1.29, 1.82) is 0 Å². The summed E-state index contributed by atoms with van der Waals surface area (Å²) in [6, 6.07) is 26.9. The largest absolute Gasteiger partial charge is 0.310 e. The minimum absolute atomic E-state index is 0.750. The highest BCUT2D eigenvalue weighted by atomic mass is 15.2. The lowest BCUT2D eigenvalue weighted by Crippen LogP contribution is -2.38. The van der Waals surface area contributed by atoms with Gasteiger partial charge in [-0.25, -0.2) is 0 Å².